The maximum Gasteiger partial charge on any atom is 0.322 e. The van der Waals surface area contributed by atoms with E-state index in [1.165, 1.54) is 19.4 Å². The molecule has 14 heteroatoms. The van der Waals surface area contributed by atoms with Crippen LogP contribution in [0.5, 0.6) is 0 Å². The summed E-state index contributed by atoms with van der Waals surface area (Å²) in [5.74, 6) is -5.12. The van der Waals surface area contributed by atoms with Crippen LogP contribution in [0.15, 0.2) is 12.5 Å². The number of carbonyl (C=O) groups excluding carboxylic acids is 3. The van der Waals surface area contributed by atoms with E-state index in [1.54, 1.807) is 0 Å². The van der Waals surface area contributed by atoms with Gasteiger partial charge in [-0.05, 0) is 13.3 Å². The topological polar surface area (TPSA) is 237 Å². The Morgan fingerprint density at radius 1 is 1.06 bits per heavy atom. The number of aliphatic hydroxyl groups excluding tert-OH is 1. The van der Waals surface area contributed by atoms with Crippen LogP contribution < -0.4 is 21.7 Å². The number of nitrogens with one attached hydrogen (secondary N) is 4. The molecule has 0 radical (unpaired) electrons. The summed E-state index contributed by atoms with van der Waals surface area (Å²) in [5, 5.41) is 33.8. The van der Waals surface area contributed by atoms with Crippen LogP contribution >= 0.6 is 0 Å². The Kier molecular flexibility index (Phi) is 10.1. The van der Waals surface area contributed by atoms with Gasteiger partial charge in [0.1, 0.15) is 24.7 Å². The van der Waals surface area contributed by atoms with E-state index in [0.29, 0.717) is 5.69 Å². The molecule has 0 aliphatic heterocycles. The molecule has 31 heavy (non-hydrogen) atoms. The molecule has 0 bridgehead atoms. The summed E-state index contributed by atoms with van der Waals surface area (Å²) in [6.07, 6.45) is 0.693. The number of nitrogens with zero attached hydrogens (tertiary/aromatic N) is 1. The number of hydrogen-bond donors (Lipinski definition) is 8. The molecular formula is C17H26N6O8. The fourth-order valence-corrected chi connectivity index (χ4v) is 2.41. The summed E-state index contributed by atoms with van der Waals surface area (Å²) >= 11 is 0. The van der Waals surface area contributed by atoms with Crippen molar-refractivity contribution in [1.82, 2.24) is 25.9 Å². The fourth-order valence-electron chi connectivity index (χ4n) is 2.41. The van der Waals surface area contributed by atoms with Crippen molar-refractivity contribution in [3.05, 3.63) is 18.2 Å². The third-order valence-corrected chi connectivity index (χ3v) is 4.13. The molecular weight excluding hydrogens is 416 g/mol. The van der Waals surface area contributed by atoms with Crippen molar-refractivity contribution >= 4 is 29.7 Å². The minimum atomic E-state index is -1.37. The lowest BCUT2D eigenvalue weighted by Crippen LogP contribution is -2.58. The van der Waals surface area contributed by atoms with Crippen LogP contribution in [-0.2, 0) is 30.4 Å². The van der Waals surface area contributed by atoms with Crippen LogP contribution in [-0.4, -0.2) is 85.7 Å². The molecule has 0 aromatic carbocycles. The van der Waals surface area contributed by atoms with E-state index in [1.807, 2.05) is 0 Å². The number of rotatable bonds is 13. The van der Waals surface area contributed by atoms with Crippen LogP contribution in [0.2, 0.25) is 0 Å². The van der Waals surface area contributed by atoms with E-state index in [4.69, 9.17) is 15.9 Å². The highest BCUT2D eigenvalue weighted by molar-refractivity contribution is 5.94. The van der Waals surface area contributed by atoms with Crippen LogP contribution in [0.25, 0.3) is 0 Å². The van der Waals surface area contributed by atoms with Crippen LogP contribution in [0.4, 0.5) is 0 Å². The molecule has 1 aromatic heterocycles. The van der Waals surface area contributed by atoms with E-state index in [-0.39, 0.29) is 12.8 Å². The molecule has 1 aromatic rings. The zero-order valence-electron chi connectivity index (χ0n) is 16.7. The SMILES string of the molecule is CC(O)C(N)C(=O)NC(Cc1cnc[nH]1)C(=O)NC(CCC(=O)O)C(=O)NCC(=O)O. The van der Waals surface area contributed by atoms with Gasteiger partial charge in [0.15, 0.2) is 0 Å². The van der Waals surface area contributed by atoms with E-state index >= 15 is 0 Å². The molecule has 1 heterocycles. The standard InChI is InChI=1S/C17H26N6O8/c1-8(24)14(18)17(31)23-11(4-9-5-19-7-21-9)16(30)22-10(2-3-12(25)26)15(29)20-6-13(27)28/h5,7-8,10-11,14,24H,2-4,6,18H2,1H3,(H,19,21)(H,20,29)(H,22,30)(H,23,31)(H,25,26)(H,27,28). The average molecular weight is 442 g/mol. The summed E-state index contributed by atoms with van der Waals surface area (Å²) in [6.45, 7) is 0.568. The van der Waals surface area contributed by atoms with E-state index in [0.717, 1.165) is 0 Å². The number of carboxylic acid groups (broad SMARTS) is 2. The first-order chi connectivity index (χ1) is 14.5. The van der Waals surface area contributed by atoms with Crippen molar-refractivity contribution in [2.45, 2.75) is 50.4 Å². The summed E-state index contributed by atoms with van der Waals surface area (Å²) in [6, 6.07) is -3.94. The number of imidazole rings is 1. The summed E-state index contributed by atoms with van der Waals surface area (Å²) < 4.78 is 0. The van der Waals surface area contributed by atoms with Gasteiger partial charge in [-0.1, -0.05) is 0 Å². The van der Waals surface area contributed by atoms with Gasteiger partial charge in [-0.3, -0.25) is 24.0 Å². The van der Waals surface area contributed by atoms with Gasteiger partial charge in [-0.2, -0.15) is 0 Å². The Morgan fingerprint density at radius 2 is 1.71 bits per heavy atom. The summed E-state index contributed by atoms with van der Waals surface area (Å²) in [7, 11) is 0. The number of aliphatic carboxylic acids is 2. The number of aliphatic hydroxyl groups is 1. The lowest BCUT2D eigenvalue weighted by molar-refractivity contribution is -0.140. The van der Waals surface area contributed by atoms with Gasteiger partial charge in [0.2, 0.25) is 17.7 Å². The van der Waals surface area contributed by atoms with E-state index in [2.05, 4.69) is 25.9 Å². The van der Waals surface area contributed by atoms with Crippen LogP contribution in [0, 0.1) is 0 Å². The average Bonchev–Trinajstić information content (AvgIpc) is 3.20. The molecule has 1 rings (SSSR count). The number of hydrogen-bond acceptors (Lipinski definition) is 8. The van der Waals surface area contributed by atoms with Crippen molar-refractivity contribution in [3.63, 3.8) is 0 Å². The maximum absolute atomic E-state index is 12.8. The number of aromatic amines is 1. The number of aromatic nitrogens is 2. The minimum absolute atomic E-state index is 0.0769. The molecule has 0 saturated carbocycles. The molecule has 172 valence electrons. The summed E-state index contributed by atoms with van der Waals surface area (Å²) in [4.78, 5) is 65.3. The second-order valence-electron chi connectivity index (χ2n) is 6.71. The Hall–Kier alpha value is -3.52. The van der Waals surface area contributed by atoms with Gasteiger partial charge in [0.05, 0.1) is 12.4 Å². The van der Waals surface area contributed by atoms with Crippen molar-refractivity contribution in [2.24, 2.45) is 5.73 Å². The van der Waals surface area contributed by atoms with Gasteiger partial charge in [-0.15, -0.1) is 0 Å². The van der Waals surface area contributed by atoms with Crippen LogP contribution in [0.1, 0.15) is 25.5 Å². The van der Waals surface area contributed by atoms with Gasteiger partial charge in [-0.25, -0.2) is 4.98 Å². The highest BCUT2D eigenvalue weighted by Gasteiger charge is 2.30. The zero-order chi connectivity index (χ0) is 23.6. The van der Waals surface area contributed by atoms with Crippen molar-refractivity contribution in [2.75, 3.05) is 6.54 Å². The number of amides is 3. The quantitative estimate of drug-likeness (QED) is 0.151. The highest BCUT2D eigenvalue weighted by Crippen LogP contribution is 2.04. The van der Waals surface area contributed by atoms with E-state index in [9.17, 15) is 29.1 Å². The van der Waals surface area contributed by atoms with Crippen molar-refractivity contribution < 1.29 is 39.3 Å². The molecule has 4 unspecified atom stereocenters. The largest absolute Gasteiger partial charge is 0.481 e. The normalized spacial score (nSPS) is 14.5. The molecule has 0 saturated heterocycles. The van der Waals surface area contributed by atoms with Gasteiger partial charge < -0.3 is 42.0 Å². The molecule has 0 spiro atoms. The Morgan fingerprint density at radius 3 is 2.23 bits per heavy atom. The van der Waals surface area contributed by atoms with Crippen LogP contribution in [0.3, 0.4) is 0 Å². The minimum Gasteiger partial charge on any atom is -0.481 e. The van der Waals surface area contributed by atoms with Gasteiger partial charge >= 0.3 is 11.9 Å². The first-order valence-corrected chi connectivity index (χ1v) is 9.24. The first-order valence-electron chi connectivity index (χ1n) is 9.24. The van der Waals surface area contributed by atoms with Crippen molar-refractivity contribution in [1.29, 1.82) is 0 Å². The predicted octanol–water partition coefficient (Wildman–Crippen LogP) is -3.30. The molecule has 4 atom stereocenters. The molecule has 14 nitrogen and oxygen atoms in total. The molecule has 3 amide bonds. The number of H-pyrrole nitrogens is 1. The Balaban J connectivity index is 2.97. The monoisotopic (exact) mass is 442 g/mol. The number of carboxylic acids is 2. The molecule has 0 fully saturated rings. The highest BCUT2D eigenvalue weighted by atomic mass is 16.4. The third-order valence-electron chi connectivity index (χ3n) is 4.13. The smallest absolute Gasteiger partial charge is 0.322 e. The molecule has 0 aliphatic rings. The second-order valence-corrected chi connectivity index (χ2v) is 6.71. The number of nitrogens with two attached hydrogens (primary N) is 1. The molecule has 0 aliphatic carbocycles. The Bertz CT molecular complexity index is 782. The predicted molar refractivity (Wildman–Crippen MR) is 103 cm³/mol. The number of carbonyl (C=O) groups is 5. The van der Waals surface area contributed by atoms with E-state index < -0.39 is 66.9 Å². The van der Waals surface area contributed by atoms with Crippen molar-refractivity contribution in [3.8, 4) is 0 Å². The Labute approximate surface area is 176 Å². The lowest BCUT2D eigenvalue weighted by Gasteiger charge is -2.24. The van der Waals surface area contributed by atoms with Gasteiger partial charge in [0, 0.05) is 24.7 Å². The van der Waals surface area contributed by atoms with Gasteiger partial charge in [0.25, 0.3) is 0 Å². The third kappa shape index (κ3) is 9.22. The summed E-state index contributed by atoms with van der Waals surface area (Å²) in [5.41, 5.74) is 6.04. The zero-order valence-corrected chi connectivity index (χ0v) is 16.7. The second kappa shape index (κ2) is 12.2. The molecule has 9 N–H and O–H groups in total. The first kappa shape index (κ1) is 25.5. The maximum atomic E-state index is 12.8. The fraction of sp³-hybridized carbons (Fsp3) is 0.529. The lowest BCUT2D eigenvalue weighted by atomic mass is 10.1.